The molecule has 0 N–H and O–H groups in total. The van der Waals surface area contributed by atoms with Crippen LogP contribution in [0.2, 0.25) is 0 Å². The molecule has 0 atom stereocenters. The van der Waals surface area contributed by atoms with Gasteiger partial charge in [0.1, 0.15) is 6.54 Å². The van der Waals surface area contributed by atoms with E-state index in [1.165, 1.54) is 16.8 Å². The van der Waals surface area contributed by atoms with E-state index >= 15 is 0 Å². The summed E-state index contributed by atoms with van der Waals surface area (Å²) in [5.41, 5.74) is 1.35. The van der Waals surface area contributed by atoms with Crippen LogP contribution in [0, 0.1) is 6.92 Å². The Kier molecular flexibility index (Phi) is 3.02. The average molecular weight is 285 g/mol. The molecule has 106 valence electrons. The second-order valence-electron chi connectivity index (χ2n) is 4.63. The van der Waals surface area contributed by atoms with E-state index in [0.717, 1.165) is 5.56 Å². The van der Waals surface area contributed by atoms with Gasteiger partial charge in [0.15, 0.2) is 0 Å². The quantitative estimate of drug-likeness (QED) is 0.784. The Labute approximate surface area is 119 Å². The van der Waals surface area contributed by atoms with Crippen molar-refractivity contribution in [2.75, 3.05) is 0 Å². The van der Waals surface area contributed by atoms with Crippen LogP contribution in [-0.4, -0.2) is 32.6 Å². The maximum atomic E-state index is 12.0. The van der Waals surface area contributed by atoms with E-state index in [4.69, 9.17) is 4.84 Å². The zero-order valence-electron chi connectivity index (χ0n) is 11.1. The topological polar surface area (TPSA) is 81.5 Å². The number of hydrogen-bond donors (Lipinski definition) is 0. The van der Waals surface area contributed by atoms with Gasteiger partial charge in [-0.25, -0.2) is 4.79 Å². The number of hydrogen-bond acceptors (Lipinski definition) is 5. The summed E-state index contributed by atoms with van der Waals surface area (Å²) in [6, 6.07) is 6.31. The fraction of sp³-hybridized carbons (Fsp3) is 0.143. The monoisotopic (exact) mass is 285 g/mol. The summed E-state index contributed by atoms with van der Waals surface area (Å²) in [4.78, 5) is 40.7. The number of benzene rings is 1. The lowest BCUT2D eigenvalue weighted by molar-refractivity contribution is -0.169. The van der Waals surface area contributed by atoms with E-state index in [1.807, 2.05) is 6.92 Å². The average Bonchev–Trinajstić information content (AvgIpc) is 2.97. The summed E-state index contributed by atoms with van der Waals surface area (Å²) in [6.07, 6.45) is 3.25. The number of hydroxylamine groups is 2. The highest BCUT2D eigenvalue weighted by molar-refractivity contribution is 6.20. The number of aryl methyl sites for hydroxylation is 1. The number of fused-ring (bicyclic) bond motifs is 1. The van der Waals surface area contributed by atoms with Crippen molar-refractivity contribution in [3.05, 3.63) is 53.3 Å². The summed E-state index contributed by atoms with van der Waals surface area (Å²) in [5.74, 6) is -2.02. The number of carbonyl (C=O) groups excluding carboxylic acids is 3. The van der Waals surface area contributed by atoms with Crippen molar-refractivity contribution in [1.29, 1.82) is 0 Å². The lowest BCUT2D eigenvalue weighted by Crippen LogP contribution is -2.34. The number of imide groups is 1. The number of amides is 2. The van der Waals surface area contributed by atoms with Crippen LogP contribution in [-0.2, 0) is 16.2 Å². The number of aromatic nitrogens is 2. The number of nitrogens with zero attached hydrogens (tertiary/aromatic N) is 3. The Morgan fingerprint density at radius 2 is 1.81 bits per heavy atom. The molecule has 7 nitrogen and oxygen atoms in total. The highest BCUT2D eigenvalue weighted by Crippen LogP contribution is 2.22. The summed E-state index contributed by atoms with van der Waals surface area (Å²) >= 11 is 0. The number of rotatable bonds is 3. The second-order valence-corrected chi connectivity index (χ2v) is 4.63. The lowest BCUT2D eigenvalue weighted by atomic mass is 10.1. The van der Waals surface area contributed by atoms with E-state index in [1.54, 1.807) is 24.5 Å². The van der Waals surface area contributed by atoms with Gasteiger partial charge in [-0.15, -0.1) is 0 Å². The van der Waals surface area contributed by atoms with Gasteiger partial charge in [0.05, 0.1) is 17.3 Å². The zero-order chi connectivity index (χ0) is 15.0. The summed E-state index contributed by atoms with van der Waals surface area (Å²) < 4.78 is 1.37. The molecular formula is C14H11N3O4. The minimum atomic E-state index is -0.743. The smallest absolute Gasteiger partial charge is 0.328 e. The van der Waals surface area contributed by atoms with Gasteiger partial charge < -0.3 is 4.84 Å². The third-order valence-corrected chi connectivity index (χ3v) is 3.00. The van der Waals surface area contributed by atoms with Crippen LogP contribution in [0.15, 0.2) is 36.7 Å². The molecular weight excluding hydrogens is 274 g/mol. The third-order valence-electron chi connectivity index (χ3n) is 3.00. The minimum absolute atomic E-state index is 0.179. The number of carbonyl (C=O) groups is 3. The van der Waals surface area contributed by atoms with E-state index in [9.17, 15) is 14.4 Å². The van der Waals surface area contributed by atoms with Crippen LogP contribution in [0.4, 0.5) is 0 Å². The molecule has 2 heterocycles. The summed E-state index contributed by atoms with van der Waals surface area (Å²) in [5, 5.41) is 4.42. The van der Waals surface area contributed by atoms with Crippen molar-refractivity contribution in [2.45, 2.75) is 13.5 Å². The van der Waals surface area contributed by atoms with Crippen molar-refractivity contribution < 1.29 is 19.2 Å². The Morgan fingerprint density at radius 1 is 1.19 bits per heavy atom. The lowest BCUT2D eigenvalue weighted by Gasteiger charge is -2.12. The van der Waals surface area contributed by atoms with Gasteiger partial charge in [0.25, 0.3) is 11.8 Å². The van der Waals surface area contributed by atoms with Crippen molar-refractivity contribution in [3.63, 3.8) is 0 Å². The molecule has 2 aromatic rings. The molecule has 7 heteroatoms. The SMILES string of the molecule is Cc1cnn(CC(=O)ON2C(=O)c3ccccc3C2=O)c1. The molecule has 3 rings (SSSR count). The maximum absolute atomic E-state index is 12.0. The molecule has 0 radical (unpaired) electrons. The van der Waals surface area contributed by atoms with Crippen LogP contribution in [0.3, 0.4) is 0 Å². The Hall–Kier alpha value is -2.96. The molecule has 0 aliphatic carbocycles. The molecule has 2 amide bonds. The highest BCUT2D eigenvalue weighted by Gasteiger charge is 2.38. The van der Waals surface area contributed by atoms with Crippen LogP contribution in [0.1, 0.15) is 26.3 Å². The normalized spacial score (nSPS) is 13.5. The molecule has 0 saturated heterocycles. The molecule has 0 fully saturated rings. The van der Waals surface area contributed by atoms with E-state index in [-0.39, 0.29) is 17.7 Å². The molecule has 1 aromatic heterocycles. The van der Waals surface area contributed by atoms with Crippen molar-refractivity contribution in [1.82, 2.24) is 14.8 Å². The van der Waals surface area contributed by atoms with Gasteiger partial charge in [0, 0.05) is 6.20 Å². The standard InChI is InChI=1S/C14H11N3O4/c1-9-6-15-16(7-9)8-12(18)21-17-13(19)10-4-2-3-5-11(10)14(17)20/h2-7H,8H2,1H3. The van der Waals surface area contributed by atoms with Crippen molar-refractivity contribution >= 4 is 17.8 Å². The van der Waals surface area contributed by atoms with Gasteiger partial charge in [0.2, 0.25) is 0 Å². The predicted molar refractivity (Wildman–Crippen MR) is 70.0 cm³/mol. The molecule has 0 unspecified atom stereocenters. The first kappa shape index (κ1) is 13.0. The van der Waals surface area contributed by atoms with Crippen molar-refractivity contribution in [3.8, 4) is 0 Å². The van der Waals surface area contributed by atoms with Gasteiger partial charge in [-0.05, 0) is 24.6 Å². The fourth-order valence-electron chi connectivity index (χ4n) is 2.07. The first-order valence-electron chi connectivity index (χ1n) is 6.24. The van der Waals surface area contributed by atoms with Gasteiger partial charge in [-0.2, -0.15) is 5.10 Å². The first-order chi connectivity index (χ1) is 10.1. The van der Waals surface area contributed by atoms with Crippen LogP contribution >= 0.6 is 0 Å². The van der Waals surface area contributed by atoms with Crippen LogP contribution < -0.4 is 0 Å². The van der Waals surface area contributed by atoms with Crippen LogP contribution in [0.5, 0.6) is 0 Å². The first-order valence-corrected chi connectivity index (χ1v) is 6.24. The Morgan fingerprint density at radius 3 is 2.33 bits per heavy atom. The minimum Gasteiger partial charge on any atom is -0.328 e. The fourth-order valence-corrected chi connectivity index (χ4v) is 2.07. The Bertz CT molecular complexity index is 715. The van der Waals surface area contributed by atoms with E-state index in [2.05, 4.69) is 5.10 Å². The summed E-state index contributed by atoms with van der Waals surface area (Å²) in [7, 11) is 0. The maximum Gasteiger partial charge on any atom is 0.354 e. The van der Waals surface area contributed by atoms with E-state index < -0.39 is 17.8 Å². The van der Waals surface area contributed by atoms with Crippen molar-refractivity contribution in [2.24, 2.45) is 0 Å². The van der Waals surface area contributed by atoms with Gasteiger partial charge >= 0.3 is 5.97 Å². The molecule has 1 aromatic carbocycles. The van der Waals surface area contributed by atoms with Gasteiger partial charge in [-0.3, -0.25) is 14.3 Å². The molecule has 1 aliphatic rings. The van der Waals surface area contributed by atoms with Crippen LogP contribution in [0.25, 0.3) is 0 Å². The van der Waals surface area contributed by atoms with E-state index in [0.29, 0.717) is 5.06 Å². The largest absolute Gasteiger partial charge is 0.354 e. The van der Waals surface area contributed by atoms with Gasteiger partial charge in [-0.1, -0.05) is 17.2 Å². The zero-order valence-corrected chi connectivity index (χ0v) is 11.1. The highest BCUT2D eigenvalue weighted by atomic mass is 16.7. The Balaban J connectivity index is 1.73. The molecule has 1 aliphatic heterocycles. The second kappa shape index (κ2) is 4.86. The summed E-state index contributed by atoms with van der Waals surface area (Å²) in [6.45, 7) is 1.65. The third kappa shape index (κ3) is 2.29. The predicted octanol–water partition coefficient (Wildman–Crippen LogP) is 0.946. The molecule has 21 heavy (non-hydrogen) atoms. The molecule has 0 bridgehead atoms. The molecule has 0 saturated carbocycles. The molecule has 0 spiro atoms.